The van der Waals surface area contributed by atoms with Crippen LogP contribution in [0.5, 0.6) is 0 Å². The summed E-state index contributed by atoms with van der Waals surface area (Å²) in [5.41, 5.74) is 2.86. The summed E-state index contributed by atoms with van der Waals surface area (Å²) in [5, 5.41) is 29.3. The summed E-state index contributed by atoms with van der Waals surface area (Å²) >= 11 is 1.65. The molecule has 0 bridgehead atoms. The van der Waals surface area contributed by atoms with Gasteiger partial charge in [0.05, 0.1) is 17.9 Å². The third-order valence-corrected chi connectivity index (χ3v) is 8.11. The SMILES string of the molecule is Cc1sc2c(c1C)C(c1ccc(N3CCC(O)(CO)CC3)cc1F)=N[C@@H](C)c1nnc(C)n1-2. The minimum absolute atomic E-state index is 0.250. The second-order valence-electron chi connectivity index (χ2n) is 9.09. The van der Waals surface area contributed by atoms with Crippen LogP contribution in [0.25, 0.3) is 5.00 Å². The summed E-state index contributed by atoms with van der Waals surface area (Å²) < 4.78 is 17.7. The third kappa shape index (κ3) is 3.59. The van der Waals surface area contributed by atoms with Crippen molar-refractivity contribution in [2.45, 2.75) is 52.2 Å². The zero-order chi connectivity index (χ0) is 23.5. The Kier molecular flexibility index (Phi) is 5.38. The fourth-order valence-electron chi connectivity index (χ4n) is 4.70. The normalized spacial score (nSPS) is 19.7. The summed E-state index contributed by atoms with van der Waals surface area (Å²) in [7, 11) is 0. The first kappa shape index (κ1) is 22.2. The Morgan fingerprint density at radius 3 is 2.58 bits per heavy atom. The summed E-state index contributed by atoms with van der Waals surface area (Å²) in [6.45, 7) is 8.88. The molecule has 2 N–H and O–H groups in total. The molecule has 0 amide bonds. The summed E-state index contributed by atoms with van der Waals surface area (Å²) in [5.74, 6) is 1.22. The number of thiophene rings is 1. The number of aryl methyl sites for hydroxylation is 2. The number of anilines is 1. The lowest BCUT2D eigenvalue weighted by Gasteiger charge is -2.38. The number of hydrogen-bond acceptors (Lipinski definition) is 7. The average Bonchev–Trinajstić information content (AvgIpc) is 3.28. The van der Waals surface area contributed by atoms with Gasteiger partial charge in [-0.05, 0) is 64.3 Å². The number of rotatable bonds is 3. The molecule has 7 nitrogen and oxygen atoms in total. The minimum atomic E-state index is -1.04. The van der Waals surface area contributed by atoms with Gasteiger partial charge in [-0.3, -0.25) is 9.56 Å². The maximum Gasteiger partial charge on any atom is 0.162 e. The topological polar surface area (TPSA) is 86.8 Å². The predicted octanol–water partition coefficient (Wildman–Crippen LogP) is 3.63. The molecule has 0 unspecified atom stereocenters. The average molecular weight is 470 g/mol. The van der Waals surface area contributed by atoms with Crippen LogP contribution in [-0.4, -0.2) is 56.0 Å². The Hall–Kier alpha value is -2.62. The minimum Gasteiger partial charge on any atom is -0.393 e. The Labute approximate surface area is 196 Å². The monoisotopic (exact) mass is 469 g/mol. The Morgan fingerprint density at radius 1 is 1.18 bits per heavy atom. The van der Waals surface area contributed by atoms with Gasteiger partial charge in [-0.2, -0.15) is 0 Å². The van der Waals surface area contributed by atoms with Crippen LogP contribution >= 0.6 is 11.3 Å². The molecule has 9 heteroatoms. The van der Waals surface area contributed by atoms with Crippen molar-refractivity contribution < 1.29 is 14.6 Å². The van der Waals surface area contributed by atoms with E-state index in [2.05, 4.69) is 24.0 Å². The lowest BCUT2D eigenvalue weighted by Crippen LogP contribution is -2.46. The molecule has 2 aliphatic heterocycles. The van der Waals surface area contributed by atoms with E-state index in [1.807, 2.05) is 29.4 Å². The van der Waals surface area contributed by atoms with Crippen molar-refractivity contribution in [3.63, 3.8) is 0 Å². The van der Waals surface area contributed by atoms with Crippen molar-refractivity contribution in [3.8, 4) is 5.00 Å². The van der Waals surface area contributed by atoms with Gasteiger partial charge in [0.25, 0.3) is 0 Å². The lowest BCUT2D eigenvalue weighted by atomic mass is 9.92. The maximum atomic E-state index is 15.6. The van der Waals surface area contributed by atoms with Crippen molar-refractivity contribution in [1.82, 2.24) is 14.8 Å². The molecule has 1 atom stereocenters. The van der Waals surface area contributed by atoms with E-state index in [4.69, 9.17) is 4.99 Å². The second kappa shape index (κ2) is 8.00. The van der Waals surface area contributed by atoms with Crippen molar-refractivity contribution >= 4 is 22.7 Å². The third-order valence-electron chi connectivity index (χ3n) is 6.91. The largest absolute Gasteiger partial charge is 0.393 e. The molecule has 0 aliphatic carbocycles. The van der Waals surface area contributed by atoms with Crippen LogP contribution in [0.4, 0.5) is 10.1 Å². The molecule has 1 fully saturated rings. The first-order valence-electron chi connectivity index (χ1n) is 11.2. The van der Waals surface area contributed by atoms with E-state index in [9.17, 15) is 10.2 Å². The van der Waals surface area contributed by atoms with Gasteiger partial charge in [0.2, 0.25) is 0 Å². The summed E-state index contributed by atoms with van der Waals surface area (Å²) in [6.07, 6.45) is 0.902. The highest BCUT2D eigenvalue weighted by molar-refractivity contribution is 7.15. The van der Waals surface area contributed by atoms with Gasteiger partial charge < -0.3 is 15.1 Å². The molecular formula is C24H28FN5O2S. The van der Waals surface area contributed by atoms with E-state index in [1.165, 1.54) is 0 Å². The number of aliphatic hydroxyl groups is 2. The lowest BCUT2D eigenvalue weighted by molar-refractivity contribution is -0.0325. The molecule has 5 rings (SSSR count). The fourth-order valence-corrected chi connectivity index (χ4v) is 5.91. The number of hydrogen-bond donors (Lipinski definition) is 2. The number of fused-ring (bicyclic) bond motifs is 3. The van der Waals surface area contributed by atoms with E-state index in [0.29, 0.717) is 37.2 Å². The van der Waals surface area contributed by atoms with Crippen molar-refractivity contribution in [3.05, 3.63) is 57.2 Å². The molecule has 0 saturated carbocycles. The highest BCUT2D eigenvalue weighted by Crippen LogP contribution is 2.39. The standard InChI is InChI=1S/C24H28FN5O2S/c1-13-15(3)33-23-20(13)21(26-14(2)22-28-27-16(4)30(22)23)18-6-5-17(11-19(18)25)29-9-7-24(32,12-31)8-10-29/h5-6,11,14,31-32H,7-10,12H2,1-4H3/t14-/m0/s1. The van der Waals surface area contributed by atoms with E-state index < -0.39 is 5.60 Å². The van der Waals surface area contributed by atoms with Gasteiger partial charge in [-0.15, -0.1) is 21.5 Å². The van der Waals surface area contributed by atoms with Gasteiger partial charge in [-0.25, -0.2) is 4.39 Å². The number of piperidine rings is 1. The van der Waals surface area contributed by atoms with Crippen LogP contribution < -0.4 is 4.90 Å². The van der Waals surface area contributed by atoms with Gasteiger partial charge >= 0.3 is 0 Å². The Balaban J connectivity index is 1.56. The van der Waals surface area contributed by atoms with Gasteiger partial charge in [0, 0.05) is 34.8 Å². The van der Waals surface area contributed by atoms with E-state index in [1.54, 1.807) is 23.5 Å². The maximum absolute atomic E-state index is 15.6. The molecular weight excluding hydrogens is 441 g/mol. The number of nitrogens with zero attached hydrogens (tertiary/aromatic N) is 5. The smallest absolute Gasteiger partial charge is 0.162 e. The van der Waals surface area contributed by atoms with Crippen LogP contribution in [-0.2, 0) is 0 Å². The van der Waals surface area contributed by atoms with E-state index in [-0.39, 0.29) is 18.5 Å². The van der Waals surface area contributed by atoms with Crippen LogP contribution in [0.3, 0.4) is 0 Å². The Bertz CT molecular complexity index is 1260. The van der Waals surface area contributed by atoms with E-state index >= 15 is 4.39 Å². The number of benzene rings is 1. The number of aromatic nitrogens is 3. The first-order chi connectivity index (χ1) is 15.7. The van der Waals surface area contributed by atoms with Gasteiger partial charge in [0.15, 0.2) is 5.82 Å². The quantitative estimate of drug-likeness (QED) is 0.612. The van der Waals surface area contributed by atoms with Gasteiger partial charge in [0.1, 0.15) is 22.7 Å². The van der Waals surface area contributed by atoms with E-state index in [0.717, 1.165) is 38.3 Å². The molecule has 1 aromatic carbocycles. The molecule has 174 valence electrons. The molecule has 2 aliphatic rings. The highest BCUT2D eigenvalue weighted by atomic mass is 32.1. The molecule has 33 heavy (non-hydrogen) atoms. The van der Waals surface area contributed by atoms with Crippen molar-refractivity contribution in [1.29, 1.82) is 0 Å². The fraction of sp³-hybridized carbons (Fsp3) is 0.458. The first-order valence-corrected chi connectivity index (χ1v) is 12.0. The highest BCUT2D eigenvalue weighted by Gasteiger charge is 2.33. The zero-order valence-corrected chi connectivity index (χ0v) is 20.1. The zero-order valence-electron chi connectivity index (χ0n) is 19.3. The second-order valence-corrected chi connectivity index (χ2v) is 10.3. The van der Waals surface area contributed by atoms with Crippen LogP contribution in [0, 0.1) is 26.6 Å². The Morgan fingerprint density at radius 2 is 1.91 bits per heavy atom. The number of halogens is 1. The van der Waals surface area contributed by atoms with Crippen molar-refractivity contribution in [2.24, 2.45) is 4.99 Å². The van der Waals surface area contributed by atoms with Gasteiger partial charge in [-0.1, -0.05) is 0 Å². The molecule has 2 aromatic heterocycles. The molecule has 4 heterocycles. The van der Waals surface area contributed by atoms with Crippen LogP contribution in [0.1, 0.15) is 59.0 Å². The molecule has 0 radical (unpaired) electrons. The molecule has 0 spiro atoms. The van der Waals surface area contributed by atoms with Crippen molar-refractivity contribution in [2.75, 3.05) is 24.6 Å². The van der Waals surface area contributed by atoms with Crippen LogP contribution in [0.2, 0.25) is 0 Å². The summed E-state index contributed by atoms with van der Waals surface area (Å²) in [6, 6.07) is 5.01. The number of aliphatic imine (C=N–C) groups is 1. The van der Waals surface area contributed by atoms with Crippen LogP contribution in [0.15, 0.2) is 23.2 Å². The summed E-state index contributed by atoms with van der Waals surface area (Å²) in [4.78, 5) is 8.14. The predicted molar refractivity (Wildman–Crippen MR) is 127 cm³/mol. The number of aliphatic hydroxyl groups excluding tert-OH is 1. The molecule has 1 saturated heterocycles. The molecule has 3 aromatic rings.